The number of carboxylic acid groups (broad SMARTS) is 2. The lowest BCUT2D eigenvalue weighted by Crippen LogP contribution is -2.35. The maximum Gasteiger partial charge on any atom is 0.307 e. The first kappa shape index (κ1) is 8.13. The molecule has 6 bridgehead atoms. The molecule has 0 radical (unpaired) electrons. The Balaban J connectivity index is 1.81. The molecule has 5 aliphatic rings. The van der Waals surface area contributed by atoms with Crippen molar-refractivity contribution in [3.63, 3.8) is 0 Å². The van der Waals surface area contributed by atoms with Crippen LogP contribution in [0.2, 0.25) is 0 Å². The molecule has 0 saturated heterocycles. The zero-order valence-electron chi connectivity index (χ0n) is 8.04. The van der Waals surface area contributed by atoms with Crippen molar-refractivity contribution in [2.75, 3.05) is 0 Å². The predicted molar refractivity (Wildman–Crippen MR) is 47.8 cm³/mol. The van der Waals surface area contributed by atoms with Crippen LogP contribution in [0.5, 0.6) is 0 Å². The van der Waals surface area contributed by atoms with Crippen molar-refractivity contribution in [3.8, 4) is 0 Å². The van der Waals surface area contributed by atoms with E-state index in [0.717, 1.165) is 6.42 Å². The maximum absolute atomic E-state index is 11.2. The second-order valence-electron chi connectivity index (χ2n) is 5.60. The maximum atomic E-state index is 11.2. The van der Waals surface area contributed by atoms with Crippen molar-refractivity contribution in [2.45, 2.75) is 6.42 Å². The zero-order chi connectivity index (χ0) is 10.5. The molecule has 4 nitrogen and oxygen atoms in total. The van der Waals surface area contributed by atoms with E-state index in [0.29, 0.717) is 23.7 Å². The summed E-state index contributed by atoms with van der Waals surface area (Å²) in [5.41, 5.74) is 0. The van der Waals surface area contributed by atoms with Crippen LogP contribution in [0.1, 0.15) is 6.42 Å². The van der Waals surface area contributed by atoms with Gasteiger partial charge in [-0.1, -0.05) is 0 Å². The molecule has 2 N–H and O–H groups in total. The number of carboxylic acids is 2. The van der Waals surface area contributed by atoms with E-state index in [-0.39, 0.29) is 11.8 Å². The van der Waals surface area contributed by atoms with Gasteiger partial charge < -0.3 is 10.2 Å². The minimum absolute atomic E-state index is 0.198. The average molecular weight is 208 g/mol. The number of rotatable bonds is 2. The monoisotopic (exact) mass is 208 g/mol. The molecular formula is C11H12O4. The molecule has 5 saturated carbocycles. The van der Waals surface area contributed by atoms with Gasteiger partial charge in [-0.3, -0.25) is 9.59 Å². The molecule has 0 aromatic carbocycles. The molecule has 0 aromatic rings. The lowest BCUT2D eigenvalue weighted by atomic mass is 9.79. The summed E-state index contributed by atoms with van der Waals surface area (Å²) in [6.07, 6.45) is 1.11. The Labute approximate surface area is 86.3 Å². The average Bonchev–Trinajstić information content (AvgIpc) is 2.55. The fourth-order valence-corrected chi connectivity index (χ4v) is 5.41. The fourth-order valence-electron chi connectivity index (χ4n) is 5.41. The Kier molecular flexibility index (Phi) is 1.12. The van der Waals surface area contributed by atoms with E-state index in [1.54, 1.807) is 0 Å². The second-order valence-corrected chi connectivity index (χ2v) is 5.60. The van der Waals surface area contributed by atoms with Gasteiger partial charge in [0.05, 0.1) is 11.8 Å². The van der Waals surface area contributed by atoms with E-state index in [1.165, 1.54) is 0 Å². The number of hydrogen-bond acceptors (Lipinski definition) is 2. The van der Waals surface area contributed by atoms with E-state index < -0.39 is 23.8 Å². The van der Waals surface area contributed by atoms with Crippen molar-refractivity contribution < 1.29 is 19.8 Å². The molecule has 5 fully saturated rings. The van der Waals surface area contributed by atoms with E-state index in [9.17, 15) is 9.59 Å². The molecule has 0 amide bonds. The van der Waals surface area contributed by atoms with Crippen LogP contribution in [0.15, 0.2) is 0 Å². The summed E-state index contributed by atoms with van der Waals surface area (Å²) in [5, 5.41) is 18.3. The molecule has 8 atom stereocenters. The van der Waals surface area contributed by atoms with Gasteiger partial charge in [-0.2, -0.15) is 0 Å². The van der Waals surface area contributed by atoms with Gasteiger partial charge in [0.15, 0.2) is 0 Å². The summed E-state index contributed by atoms with van der Waals surface area (Å²) in [7, 11) is 0. The summed E-state index contributed by atoms with van der Waals surface area (Å²) in [4.78, 5) is 22.3. The first-order chi connectivity index (χ1) is 7.13. The van der Waals surface area contributed by atoms with E-state index in [4.69, 9.17) is 10.2 Å². The first-order valence-electron chi connectivity index (χ1n) is 5.58. The highest BCUT2D eigenvalue weighted by atomic mass is 16.4. The van der Waals surface area contributed by atoms with Crippen LogP contribution in [-0.4, -0.2) is 22.2 Å². The van der Waals surface area contributed by atoms with Gasteiger partial charge in [0.2, 0.25) is 0 Å². The van der Waals surface area contributed by atoms with Crippen LogP contribution in [0.3, 0.4) is 0 Å². The summed E-state index contributed by atoms with van der Waals surface area (Å²) in [6.45, 7) is 0. The van der Waals surface area contributed by atoms with Crippen LogP contribution < -0.4 is 0 Å². The van der Waals surface area contributed by atoms with Crippen molar-refractivity contribution in [1.82, 2.24) is 0 Å². The van der Waals surface area contributed by atoms with Gasteiger partial charge in [0, 0.05) is 0 Å². The molecule has 0 aliphatic heterocycles. The van der Waals surface area contributed by atoms with Crippen molar-refractivity contribution in [1.29, 1.82) is 0 Å². The third-order valence-corrected chi connectivity index (χ3v) is 5.50. The van der Waals surface area contributed by atoms with Gasteiger partial charge >= 0.3 is 11.9 Å². The number of carbonyl (C=O) groups is 2. The van der Waals surface area contributed by atoms with Crippen LogP contribution >= 0.6 is 0 Å². The largest absolute Gasteiger partial charge is 0.481 e. The third kappa shape index (κ3) is 0.647. The zero-order valence-corrected chi connectivity index (χ0v) is 8.04. The molecule has 0 aromatic heterocycles. The van der Waals surface area contributed by atoms with Crippen molar-refractivity contribution in [3.05, 3.63) is 0 Å². The smallest absolute Gasteiger partial charge is 0.307 e. The molecular weight excluding hydrogens is 196 g/mol. The Morgan fingerprint density at radius 3 is 1.53 bits per heavy atom. The van der Waals surface area contributed by atoms with Gasteiger partial charge in [-0.25, -0.2) is 0 Å². The third-order valence-electron chi connectivity index (χ3n) is 5.50. The van der Waals surface area contributed by atoms with Gasteiger partial charge in [-0.15, -0.1) is 0 Å². The van der Waals surface area contributed by atoms with Crippen LogP contribution in [0, 0.1) is 47.3 Å². The van der Waals surface area contributed by atoms with E-state index in [1.807, 2.05) is 0 Å². The summed E-state index contributed by atoms with van der Waals surface area (Å²) in [6, 6.07) is 0. The minimum atomic E-state index is -0.883. The van der Waals surface area contributed by atoms with Gasteiger partial charge in [0.1, 0.15) is 0 Å². The van der Waals surface area contributed by atoms with E-state index >= 15 is 0 Å². The first-order valence-corrected chi connectivity index (χ1v) is 5.58. The normalized spacial score (nSPS) is 62.1. The molecule has 15 heavy (non-hydrogen) atoms. The number of hydrogen-bond donors (Lipinski definition) is 2. The van der Waals surface area contributed by atoms with E-state index in [2.05, 4.69) is 0 Å². The molecule has 0 spiro atoms. The SMILES string of the molecule is O=C(O)[C@@H]1[C@H](C(=O)O)[C@H]2C3CC4[C@@H]2[C@H]4[C@H]31. The summed E-state index contributed by atoms with van der Waals surface area (Å²) < 4.78 is 0. The topological polar surface area (TPSA) is 74.6 Å². The van der Waals surface area contributed by atoms with Gasteiger partial charge in [-0.05, 0) is 41.9 Å². The fraction of sp³-hybridized carbons (Fsp3) is 0.818. The molecule has 80 valence electrons. The molecule has 0 heterocycles. The second kappa shape index (κ2) is 2.06. The number of aliphatic carboxylic acids is 2. The predicted octanol–water partition coefficient (Wildman–Crippen LogP) is 0.530. The minimum Gasteiger partial charge on any atom is -0.481 e. The Hall–Kier alpha value is -1.06. The van der Waals surface area contributed by atoms with Crippen LogP contribution in [-0.2, 0) is 9.59 Å². The van der Waals surface area contributed by atoms with Crippen molar-refractivity contribution >= 4 is 11.9 Å². The van der Waals surface area contributed by atoms with Crippen LogP contribution in [0.25, 0.3) is 0 Å². The summed E-state index contributed by atoms with van der Waals surface area (Å²) in [5.74, 6) is -0.279. The Bertz CT molecular complexity index is 356. The molecule has 5 aliphatic carbocycles. The van der Waals surface area contributed by atoms with Crippen LogP contribution in [0.4, 0.5) is 0 Å². The quantitative estimate of drug-likeness (QED) is 0.694. The lowest BCUT2D eigenvalue weighted by Gasteiger charge is -2.23. The van der Waals surface area contributed by atoms with Crippen molar-refractivity contribution in [2.24, 2.45) is 47.3 Å². The standard InChI is InChI=1S/C11H12O4/c12-10(13)8-6-3-1-2-4(6)5(2)7(3)9(8)11(14)15/h2-9H,1H2,(H,12,13)(H,14,15)/t2?,3?,4-,5+,6-,7-,8-,9+/m0/s1. The summed E-state index contributed by atoms with van der Waals surface area (Å²) >= 11 is 0. The molecule has 2 unspecified atom stereocenters. The Morgan fingerprint density at radius 2 is 1.20 bits per heavy atom. The highest BCUT2D eigenvalue weighted by Gasteiger charge is 2.82. The molecule has 5 rings (SSSR count). The lowest BCUT2D eigenvalue weighted by molar-refractivity contribution is -0.156. The Morgan fingerprint density at radius 1 is 0.800 bits per heavy atom. The van der Waals surface area contributed by atoms with Gasteiger partial charge in [0.25, 0.3) is 0 Å². The molecule has 4 heteroatoms. The highest BCUT2D eigenvalue weighted by Crippen LogP contribution is 2.83. The highest BCUT2D eigenvalue weighted by molar-refractivity contribution is 5.82.